The smallest absolute Gasteiger partial charge is 0.317 e. The molecular formula is C24H28ClN7O3S2. The van der Waals surface area contributed by atoms with Gasteiger partial charge in [-0.05, 0) is 32.4 Å². The number of amides is 1. The van der Waals surface area contributed by atoms with Crippen LogP contribution in [-0.2, 0) is 11.3 Å². The van der Waals surface area contributed by atoms with Crippen molar-refractivity contribution < 1.29 is 14.7 Å². The van der Waals surface area contributed by atoms with E-state index in [4.69, 9.17) is 21.7 Å². The summed E-state index contributed by atoms with van der Waals surface area (Å²) in [5.41, 5.74) is 2.02. The Morgan fingerprint density at radius 1 is 1.19 bits per heavy atom. The van der Waals surface area contributed by atoms with E-state index in [1.54, 1.807) is 6.20 Å². The fraction of sp³-hybridized carbons (Fsp3) is 0.458. The Kier molecular flexibility index (Phi) is 8.01. The fourth-order valence-electron chi connectivity index (χ4n) is 4.67. The van der Waals surface area contributed by atoms with Crippen molar-refractivity contribution in [3.8, 4) is 11.3 Å². The molecule has 1 unspecified atom stereocenters. The van der Waals surface area contributed by atoms with Gasteiger partial charge in [-0.3, -0.25) is 24.7 Å². The normalized spacial score (nSPS) is 18.9. The van der Waals surface area contributed by atoms with E-state index < -0.39 is 5.97 Å². The standard InChI is InChI=1S/C24H28ClN7O3S2/c1-15-3-2-4-32(15)12-18-22(16-9-19(25)36-14-16)28-24(37-18)29-23(35)17-10-27-20(11-26-17)31-7-5-30(6-8-31)13-21(33)34/h9-11,14-15H,2-8,12-13H2,1H3,(H,33,34)(H,28,29,35). The van der Waals surface area contributed by atoms with Gasteiger partial charge >= 0.3 is 5.97 Å². The Labute approximate surface area is 227 Å². The van der Waals surface area contributed by atoms with Gasteiger partial charge in [0.2, 0.25) is 0 Å². The molecule has 0 spiro atoms. The van der Waals surface area contributed by atoms with Gasteiger partial charge < -0.3 is 10.0 Å². The highest BCUT2D eigenvalue weighted by Crippen LogP contribution is 2.37. The SMILES string of the molecule is CC1CCCN1Cc1sc(NC(=O)c2cnc(N3CCN(CC(=O)O)CC3)cn2)nc1-c1csc(Cl)c1. The Bertz CT molecular complexity index is 1260. The third-order valence-electron chi connectivity index (χ3n) is 6.72. The number of hydrogen-bond acceptors (Lipinski definition) is 10. The lowest BCUT2D eigenvalue weighted by atomic mass is 10.2. The first-order valence-electron chi connectivity index (χ1n) is 12.2. The number of thiazole rings is 1. The summed E-state index contributed by atoms with van der Waals surface area (Å²) in [6.45, 7) is 6.70. The molecular weight excluding hydrogens is 534 g/mol. The van der Waals surface area contributed by atoms with Crippen LogP contribution >= 0.6 is 34.3 Å². The van der Waals surface area contributed by atoms with Crippen molar-refractivity contribution in [2.45, 2.75) is 32.4 Å². The second-order valence-corrected chi connectivity index (χ2v) is 11.9. The minimum absolute atomic E-state index is 0.0370. The van der Waals surface area contributed by atoms with Crippen molar-refractivity contribution in [1.82, 2.24) is 24.8 Å². The van der Waals surface area contributed by atoms with E-state index in [0.717, 1.165) is 29.2 Å². The van der Waals surface area contributed by atoms with E-state index in [-0.39, 0.29) is 18.1 Å². The lowest BCUT2D eigenvalue weighted by Crippen LogP contribution is -2.48. The van der Waals surface area contributed by atoms with Gasteiger partial charge in [-0.15, -0.1) is 11.3 Å². The summed E-state index contributed by atoms with van der Waals surface area (Å²) in [4.78, 5) is 44.8. The van der Waals surface area contributed by atoms with Gasteiger partial charge in [-0.1, -0.05) is 22.9 Å². The van der Waals surface area contributed by atoms with Gasteiger partial charge in [-0.25, -0.2) is 15.0 Å². The summed E-state index contributed by atoms with van der Waals surface area (Å²) in [5, 5.41) is 14.4. The van der Waals surface area contributed by atoms with E-state index in [1.807, 2.05) is 21.2 Å². The van der Waals surface area contributed by atoms with Crippen LogP contribution in [0.1, 0.15) is 35.1 Å². The lowest BCUT2D eigenvalue weighted by Gasteiger charge is -2.34. The monoisotopic (exact) mass is 561 g/mol. The van der Waals surface area contributed by atoms with Gasteiger partial charge in [0, 0.05) is 54.6 Å². The zero-order chi connectivity index (χ0) is 25.9. The summed E-state index contributed by atoms with van der Waals surface area (Å²) in [5.74, 6) is -0.526. The third-order valence-corrected chi connectivity index (χ3v) is 8.77. The van der Waals surface area contributed by atoms with Crippen LogP contribution in [0.5, 0.6) is 0 Å². The Morgan fingerprint density at radius 3 is 2.62 bits per heavy atom. The van der Waals surface area contributed by atoms with Crippen molar-refractivity contribution in [3.05, 3.63) is 38.7 Å². The second-order valence-electron chi connectivity index (χ2n) is 9.26. The molecule has 196 valence electrons. The van der Waals surface area contributed by atoms with Crippen molar-refractivity contribution in [2.75, 3.05) is 49.5 Å². The maximum Gasteiger partial charge on any atom is 0.317 e. The van der Waals surface area contributed by atoms with E-state index in [9.17, 15) is 9.59 Å². The first-order valence-corrected chi connectivity index (χ1v) is 14.2. The van der Waals surface area contributed by atoms with Gasteiger partial charge in [0.1, 0.15) is 11.5 Å². The molecule has 2 aliphatic heterocycles. The van der Waals surface area contributed by atoms with Crippen LogP contribution in [0.25, 0.3) is 11.3 Å². The highest BCUT2D eigenvalue weighted by atomic mass is 35.5. The number of thiophene rings is 1. The number of nitrogens with zero attached hydrogens (tertiary/aromatic N) is 6. The molecule has 1 atom stereocenters. The fourth-order valence-corrected chi connectivity index (χ4v) is 6.54. The molecule has 0 aromatic carbocycles. The van der Waals surface area contributed by atoms with Gasteiger partial charge in [0.15, 0.2) is 5.13 Å². The zero-order valence-electron chi connectivity index (χ0n) is 20.4. The van der Waals surface area contributed by atoms with Crippen molar-refractivity contribution in [3.63, 3.8) is 0 Å². The molecule has 3 aromatic rings. The predicted molar refractivity (Wildman–Crippen MR) is 146 cm³/mol. The summed E-state index contributed by atoms with van der Waals surface area (Å²) in [6, 6.07) is 2.43. The highest BCUT2D eigenvalue weighted by Gasteiger charge is 2.25. The minimum atomic E-state index is -0.826. The molecule has 13 heteroatoms. The van der Waals surface area contributed by atoms with Crippen LogP contribution in [-0.4, -0.2) is 87.0 Å². The number of likely N-dealkylation sites (tertiary alicyclic amines) is 1. The number of aliphatic carboxylic acids is 1. The zero-order valence-corrected chi connectivity index (χ0v) is 22.8. The Morgan fingerprint density at radius 2 is 2.00 bits per heavy atom. The third kappa shape index (κ3) is 6.27. The minimum Gasteiger partial charge on any atom is -0.480 e. The molecule has 0 saturated carbocycles. The first kappa shape index (κ1) is 26.0. The number of rotatable bonds is 8. The number of carboxylic acid groups (broad SMARTS) is 1. The summed E-state index contributed by atoms with van der Waals surface area (Å²) < 4.78 is 0.702. The molecule has 0 bridgehead atoms. The number of carbonyl (C=O) groups is 2. The number of carbonyl (C=O) groups excluding carboxylic acids is 1. The molecule has 2 aliphatic rings. The Hall–Kier alpha value is -2.64. The maximum absolute atomic E-state index is 13.0. The van der Waals surface area contributed by atoms with Crippen LogP contribution in [0, 0.1) is 0 Å². The van der Waals surface area contributed by atoms with Crippen molar-refractivity contribution in [1.29, 1.82) is 0 Å². The number of aromatic nitrogens is 3. The molecule has 2 saturated heterocycles. The largest absolute Gasteiger partial charge is 0.480 e. The summed E-state index contributed by atoms with van der Waals surface area (Å²) in [7, 11) is 0. The second kappa shape index (κ2) is 11.4. The highest BCUT2D eigenvalue weighted by molar-refractivity contribution is 7.16. The molecule has 37 heavy (non-hydrogen) atoms. The first-order chi connectivity index (χ1) is 17.9. The van der Waals surface area contributed by atoms with Gasteiger partial charge in [-0.2, -0.15) is 0 Å². The number of piperazine rings is 1. The van der Waals surface area contributed by atoms with Crippen LogP contribution < -0.4 is 10.2 Å². The van der Waals surface area contributed by atoms with Crippen LogP contribution in [0.3, 0.4) is 0 Å². The lowest BCUT2D eigenvalue weighted by molar-refractivity contribution is -0.138. The topological polar surface area (TPSA) is 115 Å². The number of carboxylic acids is 1. The average molecular weight is 562 g/mol. The van der Waals surface area contributed by atoms with E-state index >= 15 is 0 Å². The Balaban J connectivity index is 1.26. The number of halogens is 1. The van der Waals surface area contributed by atoms with Gasteiger partial charge in [0.05, 0.1) is 29.0 Å². The van der Waals surface area contributed by atoms with Crippen LogP contribution in [0.15, 0.2) is 23.8 Å². The van der Waals surface area contributed by atoms with E-state index in [2.05, 4.69) is 27.1 Å². The molecule has 1 amide bonds. The molecule has 2 fully saturated rings. The van der Waals surface area contributed by atoms with E-state index in [1.165, 1.54) is 41.7 Å². The van der Waals surface area contributed by atoms with Gasteiger partial charge in [0.25, 0.3) is 5.91 Å². The number of hydrogen-bond donors (Lipinski definition) is 2. The molecule has 10 nitrogen and oxygen atoms in total. The molecule has 0 radical (unpaired) electrons. The van der Waals surface area contributed by atoms with E-state index in [0.29, 0.717) is 47.5 Å². The average Bonchev–Trinajstić information content (AvgIpc) is 3.60. The van der Waals surface area contributed by atoms with Crippen molar-refractivity contribution >= 4 is 57.1 Å². The number of anilines is 2. The predicted octanol–water partition coefficient (Wildman–Crippen LogP) is 3.76. The maximum atomic E-state index is 13.0. The van der Waals surface area contributed by atoms with Crippen LogP contribution in [0.4, 0.5) is 10.9 Å². The summed E-state index contributed by atoms with van der Waals surface area (Å²) in [6.07, 6.45) is 5.43. The van der Waals surface area contributed by atoms with Crippen molar-refractivity contribution in [2.24, 2.45) is 0 Å². The molecule has 2 N–H and O–H groups in total. The molecule has 5 rings (SSSR count). The number of nitrogens with one attached hydrogen (secondary N) is 1. The molecule has 0 aliphatic carbocycles. The molecule has 3 aromatic heterocycles. The quantitative estimate of drug-likeness (QED) is 0.424. The summed E-state index contributed by atoms with van der Waals surface area (Å²) >= 11 is 9.14. The molecule has 5 heterocycles. The van der Waals surface area contributed by atoms with Crippen LogP contribution in [0.2, 0.25) is 4.34 Å².